The Kier molecular flexibility index (Phi) is 4.48. The number of aryl methyl sites for hydroxylation is 2. The average molecular weight is 261 g/mol. The third kappa shape index (κ3) is 2.93. The summed E-state index contributed by atoms with van der Waals surface area (Å²) in [5.74, 6) is 0. The lowest BCUT2D eigenvalue weighted by Crippen LogP contribution is -2.49. The van der Waals surface area contributed by atoms with Crippen molar-refractivity contribution in [3.05, 3.63) is 29.3 Å². The Hall–Kier alpha value is -1.06. The quantitative estimate of drug-likeness (QED) is 0.885. The highest BCUT2D eigenvalue weighted by atomic mass is 15.3. The van der Waals surface area contributed by atoms with Crippen molar-refractivity contribution in [3.63, 3.8) is 0 Å². The molecule has 2 N–H and O–H groups in total. The van der Waals surface area contributed by atoms with Crippen LogP contribution in [0.4, 0.5) is 5.69 Å². The van der Waals surface area contributed by atoms with Crippen molar-refractivity contribution in [3.8, 4) is 0 Å². The van der Waals surface area contributed by atoms with Gasteiger partial charge in [0.1, 0.15) is 0 Å². The van der Waals surface area contributed by atoms with Gasteiger partial charge in [-0.2, -0.15) is 0 Å². The van der Waals surface area contributed by atoms with Gasteiger partial charge in [-0.3, -0.25) is 0 Å². The van der Waals surface area contributed by atoms with Gasteiger partial charge in [0.15, 0.2) is 0 Å². The Bertz CT molecular complexity index is 410. The number of likely N-dealkylation sites (N-methyl/N-ethyl adjacent to an activating group) is 1. The molecule has 3 heteroatoms. The SMILES string of the molecule is Cc1cccc(C)c1N1C(C)CCN(C)CC1CN. The number of hydrogen-bond acceptors (Lipinski definition) is 3. The van der Waals surface area contributed by atoms with Gasteiger partial charge in [0.25, 0.3) is 0 Å². The summed E-state index contributed by atoms with van der Waals surface area (Å²) in [5, 5.41) is 0. The first-order chi connectivity index (χ1) is 9.04. The second kappa shape index (κ2) is 5.93. The molecule has 1 heterocycles. The van der Waals surface area contributed by atoms with Crippen LogP contribution in [-0.2, 0) is 0 Å². The molecular formula is C16H27N3. The van der Waals surface area contributed by atoms with Gasteiger partial charge in [-0.05, 0) is 51.9 Å². The van der Waals surface area contributed by atoms with Crippen molar-refractivity contribution in [1.29, 1.82) is 0 Å². The summed E-state index contributed by atoms with van der Waals surface area (Å²) in [5.41, 5.74) is 10.2. The molecule has 19 heavy (non-hydrogen) atoms. The second-order valence-corrected chi connectivity index (χ2v) is 5.94. The van der Waals surface area contributed by atoms with E-state index >= 15 is 0 Å². The molecule has 0 spiro atoms. The molecule has 0 bridgehead atoms. The molecule has 0 radical (unpaired) electrons. The van der Waals surface area contributed by atoms with Gasteiger partial charge in [0.2, 0.25) is 0 Å². The van der Waals surface area contributed by atoms with E-state index in [-0.39, 0.29) is 0 Å². The number of rotatable bonds is 2. The number of anilines is 1. The summed E-state index contributed by atoms with van der Waals surface area (Å²) >= 11 is 0. The van der Waals surface area contributed by atoms with Crippen LogP contribution >= 0.6 is 0 Å². The summed E-state index contributed by atoms with van der Waals surface area (Å²) in [6.07, 6.45) is 1.20. The molecule has 2 rings (SSSR count). The molecule has 0 aliphatic carbocycles. The third-order valence-electron chi connectivity index (χ3n) is 4.29. The van der Waals surface area contributed by atoms with E-state index in [1.807, 2.05) is 0 Å². The van der Waals surface area contributed by atoms with E-state index in [2.05, 4.69) is 55.8 Å². The van der Waals surface area contributed by atoms with Crippen molar-refractivity contribution in [1.82, 2.24) is 4.90 Å². The zero-order valence-electron chi connectivity index (χ0n) is 12.7. The molecule has 0 aromatic heterocycles. The van der Waals surface area contributed by atoms with Crippen LogP contribution in [0.5, 0.6) is 0 Å². The Labute approximate surface area is 117 Å². The topological polar surface area (TPSA) is 32.5 Å². The van der Waals surface area contributed by atoms with Crippen LogP contribution in [-0.4, -0.2) is 43.7 Å². The third-order valence-corrected chi connectivity index (χ3v) is 4.29. The predicted octanol–water partition coefficient (Wildman–Crippen LogP) is 2.16. The van der Waals surface area contributed by atoms with Gasteiger partial charge in [-0.15, -0.1) is 0 Å². The lowest BCUT2D eigenvalue weighted by Gasteiger charge is -2.38. The van der Waals surface area contributed by atoms with Crippen LogP contribution in [0.2, 0.25) is 0 Å². The van der Waals surface area contributed by atoms with Gasteiger partial charge < -0.3 is 15.5 Å². The fraction of sp³-hybridized carbons (Fsp3) is 0.625. The number of hydrogen-bond donors (Lipinski definition) is 1. The van der Waals surface area contributed by atoms with Gasteiger partial charge in [-0.25, -0.2) is 0 Å². The number of nitrogens with two attached hydrogens (primary N) is 1. The molecule has 106 valence electrons. The van der Waals surface area contributed by atoms with Gasteiger partial charge in [0.05, 0.1) is 6.04 Å². The summed E-state index contributed by atoms with van der Waals surface area (Å²) in [7, 11) is 2.20. The van der Waals surface area contributed by atoms with E-state index in [1.165, 1.54) is 23.2 Å². The standard InChI is InChI=1S/C16H27N3/c1-12-6-5-7-13(2)16(12)19-14(3)8-9-18(4)11-15(19)10-17/h5-7,14-15H,8-11,17H2,1-4H3. The van der Waals surface area contributed by atoms with Crippen molar-refractivity contribution >= 4 is 5.69 Å². The van der Waals surface area contributed by atoms with E-state index in [9.17, 15) is 0 Å². The minimum atomic E-state index is 0.405. The molecule has 0 amide bonds. The summed E-state index contributed by atoms with van der Waals surface area (Å²) in [4.78, 5) is 4.97. The first kappa shape index (κ1) is 14.4. The lowest BCUT2D eigenvalue weighted by atomic mass is 10.0. The van der Waals surface area contributed by atoms with Crippen LogP contribution in [0.3, 0.4) is 0 Å². The highest BCUT2D eigenvalue weighted by Gasteiger charge is 2.29. The van der Waals surface area contributed by atoms with Crippen molar-refractivity contribution in [2.75, 3.05) is 31.6 Å². The molecule has 1 aliphatic rings. The van der Waals surface area contributed by atoms with Crippen LogP contribution in [0.15, 0.2) is 18.2 Å². The maximum absolute atomic E-state index is 6.06. The first-order valence-corrected chi connectivity index (χ1v) is 7.27. The second-order valence-electron chi connectivity index (χ2n) is 5.94. The molecule has 2 atom stereocenters. The Morgan fingerprint density at radius 2 is 1.89 bits per heavy atom. The van der Waals surface area contributed by atoms with E-state index in [0.29, 0.717) is 18.6 Å². The predicted molar refractivity (Wildman–Crippen MR) is 82.8 cm³/mol. The van der Waals surface area contributed by atoms with Gasteiger partial charge >= 0.3 is 0 Å². The van der Waals surface area contributed by atoms with Crippen LogP contribution in [0, 0.1) is 13.8 Å². The summed E-state index contributed by atoms with van der Waals surface area (Å²) in [6.45, 7) is 9.65. The summed E-state index contributed by atoms with van der Waals surface area (Å²) in [6, 6.07) is 7.50. The van der Waals surface area contributed by atoms with Crippen molar-refractivity contribution in [2.24, 2.45) is 5.73 Å². The highest BCUT2D eigenvalue weighted by molar-refractivity contribution is 5.60. The van der Waals surface area contributed by atoms with Crippen LogP contribution < -0.4 is 10.6 Å². The maximum Gasteiger partial charge on any atom is 0.0542 e. The lowest BCUT2D eigenvalue weighted by molar-refractivity contribution is 0.332. The molecule has 1 saturated heterocycles. The van der Waals surface area contributed by atoms with E-state index in [1.54, 1.807) is 0 Å². The monoisotopic (exact) mass is 261 g/mol. The molecule has 1 aliphatic heterocycles. The Balaban J connectivity index is 2.43. The van der Waals surface area contributed by atoms with E-state index < -0.39 is 0 Å². The normalized spacial score (nSPS) is 25.4. The van der Waals surface area contributed by atoms with Crippen molar-refractivity contribution in [2.45, 2.75) is 39.3 Å². The molecule has 1 aromatic rings. The van der Waals surface area contributed by atoms with Gasteiger partial charge in [-0.1, -0.05) is 18.2 Å². The molecule has 1 aromatic carbocycles. The highest BCUT2D eigenvalue weighted by Crippen LogP contribution is 2.30. The zero-order chi connectivity index (χ0) is 14.0. The zero-order valence-corrected chi connectivity index (χ0v) is 12.7. The molecule has 3 nitrogen and oxygen atoms in total. The summed E-state index contributed by atoms with van der Waals surface area (Å²) < 4.78 is 0. The maximum atomic E-state index is 6.06. The van der Waals surface area contributed by atoms with E-state index in [0.717, 1.165) is 13.1 Å². The molecule has 1 fully saturated rings. The molecule has 2 unspecified atom stereocenters. The van der Waals surface area contributed by atoms with Crippen LogP contribution in [0.25, 0.3) is 0 Å². The number of benzene rings is 1. The fourth-order valence-corrected chi connectivity index (χ4v) is 3.25. The molecule has 0 saturated carbocycles. The smallest absolute Gasteiger partial charge is 0.0542 e. The fourth-order valence-electron chi connectivity index (χ4n) is 3.25. The Morgan fingerprint density at radius 3 is 2.47 bits per heavy atom. The van der Waals surface area contributed by atoms with Crippen molar-refractivity contribution < 1.29 is 0 Å². The number of nitrogens with zero attached hydrogens (tertiary/aromatic N) is 2. The van der Waals surface area contributed by atoms with Gasteiger partial charge in [0, 0.05) is 24.8 Å². The largest absolute Gasteiger partial charge is 0.363 e. The first-order valence-electron chi connectivity index (χ1n) is 7.27. The molecular weight excluding hydrogens is 234 g/mol. The van der Waals surface area contributed by atoms with E-state index in [4.69, 9.17) is 5.73 Å². The average Bonchev–Trinajstić information content (AvgIpc) is 2.51. The van der Waals surface area contributed by atoms with Crippen LogP contribution in [0.1, 0.15) is 24.5 Å². The number of para-hydroxylation sites is 1. The Morgan fingerprint density at radius 1 is 1.26 bits per heavy atom. The minimum absolute atomic E-state index is 0.405. The minimum Gasteiger partial charge on any atom is -0.363 e.